The molecule has 0 amide bonds. The molecule has 9 heavy (non-hydrogen) atoms. The second kappa shape index (κ2) is 1.58. The fraction of sp³-hybridized carbons (Fsp3) is 0. The monoisotopic (exact) mass is 117 g/mol. The second-order valence-corrected chi connectivity index (χ2v) is 1.84. The first-order valence-corrected chi connectivity index (χ1v) is 2.75. The normalized spacial score (nSPS) is 10.2. The van der Waals surface area contributed by atoms with Crippen molar-refractivity contribution in [3.63, 3.8) is 0 Å². The van der Waals surface area contributed by atoms with Crippen LogP contribution in [0.1, 0.15) is 0 Å². The molecule has 0 atom stereocenters. The van der Waals surface area contributed by atoms with E-state index in [1.165, 1.54) is 0 Å². The number of imidazole rings is 1. The zero-order valence-electron chi connectivity index (χ0n) is 4.78. The molecule has 2 nitrogen and oxygen atoms in total. The molecule has 0 saturated heterocycles. The zero-order chi connectivity index (χ0) is 6.10. The van der Waals surface area contributed by atoms with Gasteiger partial charge in [0.2, 0.25) is 0 Å². The summed E-state index contributed by atoms with van der Waals surface area (Å²) in [6.07, 6.45) is 5.48. The lowest BCUT2D eigenvalue weighted by atomic mass is 10.4. The third-order valence-electron chi connectivity index (χ3n) is 1.24. The van der Waals surface area contributed by atoms with Crippen molar-refractivity contribution in [3.8, 4) is 0 Å². The van der Waals surface area contributed by atoms with Gasteiger partial charge >= 0.3 is 0 Å². The van der Waals surface area contributed by atoms with Gasteiger partial charge in [0.1, 0.15) is 0 Å². The molecule has 2 aromatic heterocycles. The smallest absolute Gasteiger partial charge is 0.0992 e. The van der Waals surface area contributed by atoms with Crippen LogP contribution in [0.5, 0.6) is 0 Å². The Morgan fingerprint density at radius 3 is 3.44 bits per heavy atom. The Labute approximate surface area is 52.8 Å². The fourth-order valence-corrected chi connectivity index (χ4v) is 0.804. The summed E-state index contributed by atoms with van der Waals surface area (Å²) in [6.45, 7) is 0. The van der Waals surface area contributed by atoms with E-state index in [1.807, 2.05) is 22.7 Å². The van der Waals surface area contributed by atoms with Crippen LogP contribution in [-0.4, -0.2) is 9.38 Å². The summed E-state index contributed by atoms with van der Waals surface area (Å²) in [6, 6.07) is 6.83. The summed E-state index contributed by atoms with van der Waals surface area (Å²) in [5.74, 6) is 0. The van der Waals surface area contributed by atoms with Crippen molar-refractivity contribution < 1.29 is 0 Å². The molecule has 0 N–H and O–H groups in total. The van der Waals surface area contributed by atoms with E-state index in [0.717, 1.165) is 5.52 Å². The number of aromatic nitrogens is 2. The molecule has 0 aliphatic carbocycles. The van der Waals surface area contributed by atoms with Gasteiger partial charge in [0, 0.05) is 12.3 Å². The van der Waals surface area contributed by atoms with E-state index < -0.39 is 0 Å². The lowest BCUT2D eigenvalue weighted by Crippen LogP contribution is -1.76. The van der Waals surface area contributed by atoms with Gasteiger partial charge < -0.3 is 4.40 Å². The van der Waals surface area contributed by atoms with Crippen molar-refractivity contribution in [1.29, 1.82) is 0 Å². The minimum Gasteiger partial charge on any atom is -0.306 e. The molecule has 2 aromatic rings. The first-order chi connectivity index (χ1) is 4.47. The summed E-state index contributed by atoms with van der Waals surface area (Å²) in [7, 11) is 0. The summed E-state index contributed by atoms with van der Waals surface area (Å²) < 4.78 is 1.92. The molecule has 0 spiro atoms. The van der Waals surface area contributed by atoms with Gasteiger partial charge in [0.05, 0.1) is 18.0 Å². The molecule has 0 aliphatic heterocycles. The van der Waals surface area contributed by atoms with Crippen LogP contribution in [0.2, 0.25) is 0 Å². The first-order valence-electron chi connectivity index (χ1n) is 2.75. The predicted molar refractivity (Wildman–Crippen MR) is 34.0 cm³/mol. The van der Waals surface area contributed by atoms with Crippen molar-refractivity contribution in [3.05, 3.63) is 36.9 Å². The molecule has 0 aliphatic rings. The number of fused-ring (bicyclic) bond motifs is 1. The molecule has 43 valence electrons. The predicted octanol–water partition coefficient (Wildman–Crippen LogP) is 1.13. The first kappa shape index (κ1) is 4.56. The highest BCUT2D eigenvalue weighted by atomic mass is 15.0. The Morgan fingerprint density at radius 1 is 1.56 bits per heavy atom. The van der Waals surface area contributed by atoms with Crippen LogP contribution in [0.15, 0.2) is 30.9 Å². The van der Waals surface area contributed by atoms with Crippen molar-refractivity contribution in [2.24, 2.45) is 0 Å². The minimum atomic E-state index is 1.01. The van der Waals surface area contributed by atoms with Crippen molar-refractivity contribution in [2.75, 3.05) is 0 Å². The number of nitrogens with zero attached hydrogens (tertiary/aromatic N) is 2. The van der Waals surface area contributed by atoms with E-state index in [4.69, 9.17) is 0 Å². The van der Waals surface area contributed by atoms with Crippen molar-refractivity contribution >= 4 is 5.52 Å². The molecule has 2 heteroatoms. The Balaban J connectivity index is 2.95. The van der Waals surface area contributed by atoms with Gasteiger partial charge in [-0.25, -0.2) is 4.98 Å². The lowest BCUT2D eigenvalue weighted by Gasteiger charge is -1.86. The summed E-state index contributed by atoms with van der Waals surface area (Å²) in [4.78, 5) is 3.93. The number of hydrogen-bond acceptors (Lipinski definition) is 1. The Hall–Kier alpha value is -1.31. The highest BCUT2D eigenvalue weighted by molar-refractivity contribution is 5.41. The molecule has 2 rings (SSSR count). The fourth-order valence-electron chi connectivity index (χ4n) is 0.804. The minimum absolute atomic E-state index is 1.01. The van der Waals surface area contributed by atoms with Gasteiger partial charge in [-0.2, -0.15) is 0 Å². The standard InChI is InChI=1S/C7H5N2/c1-2-4-9-6-8-5-7(9)3-1/h1-2,4-6H. The topological polar surface area (TPSA) is 17.3 Å². The van der Waals surface area contributed by atoms with Gasteiger partial charge in [-0.15, -0.1) is 0 Å². The Bertz CT molecular complexity index is 281. The maximum absolute atomic E-state index is 3.93. The SMILES string of the molecule is [c]1cccn2cncc12. The molecule has 0 fully saturated rings. The van der Waals surface area contributed by atoms with Gasteiger partial charge in [-0.1, -0.05) is 6.07 Å². The van der Waals surface area contributed by atoms with Gasteiger partial charge in [-0.05, 0) is 6.07 Å². The van der Waals surface area contributed by atoms with Gasteiger partial charge in [0.25, 0.3) is 0 Å². The highest BCUT2D eigenvalue weighted by Crippen LogP contribution is 1.97. The Kier molecular flexibility index (Phi) is 0.803. The van der Waals surface area contributed by atoms with E-state index in [0.29, 0.717) is 0 Å². The second-order valence-electron chi connectivity index (χ2n) is 1.84. The summed E-state index contributed by atoms with van der Waals surface area (Å²) >= 11 is 0. The molecule has 0 aromatic carbocycles. The average molecular weight is 117 g/mol. The van der Waals surface area contributed by atoms with Crippen LogP contribution in [0.4, 0.5) is 0 Å². The molecule has 2 heterocycles. The molecular formula is C7H5N2. The maximum atomic E-state index is 3.93. The van der Waals surface area contributed by atoms with Crippen molar-refractivity contribution in [1.82, 2.24) is 9.38 Å². The average Bonchev–Trinajstić information content (AvgIpc) is 2.33. The van der Waals surface area contributed by atoms with E-state index in [2.05, 4.69) is 11.1 Å². The molecule has 0 bridgehead atoms. The van der Waals surface area contributed by atoms with Crippen LogP contribution < -0.4 is 0 Å². The zero-order valence-corrected chi connectivity index (χ0v) is 4.78. The summed E-state index contributed by atoms with van der Waals surface area (Å²) in [5, 5.41) is 0. The lowest BCUT2D eigenvalue weighted by molar-refractivity contribution is 1.15. The number of rotatable bonds is 0. The third-order valence-corrected chi connectivity index (χ3v) is 1.24. The largest absolute Gasteiger partial charge is 0.306 e. The van der Waals surface area contributed by atoms with Crippen LogP contribution in [0.25, 0.3) is 5.52 Å². The highest BCUT2D eigenvalue weighted by Gasteiger charge is 1.85. The summed E-state index contributed by atoms with van der Waals surface area (Å²) in [5.41, 5.74) is 1.01. The number of pyridine rings is 1. The van der Waals surface area contributed by atoms with E-state index in [1.54, 1.807) is 12.5 Å². The number of hydrogen-bond donors (Lipinski definition) is 0. The molecule has 0 saturated carbocycles. The molecule has 1 radical (unpaired) electrons. The van der Waals surface area contributed by atoms with Crippen molar-refractivity contribution in [2.45, 2.75) is 0 Å². The van der Waals surface area contributed by atoms with Crippen LogP contribution >= 0.6 is 0 Å². The van der Waals surface area contributed by atoms with Gasteiger partial charge in [0.15, 0.2) is 0 Å². The quantitative estimate of drug-likeness (QED) is 0.505. The van der Waals surface area contributed by atoms with E-state index >= 15 is 0 Å². The van der Waals surface area contributed by atoms with Crippen LogP contribution in [0, 0.1) is 6.07 Å². The Morgan fingerprint density at radius 2 is 2.56 bits per heavy atom. The third kappa shape index (κ3) is 0.598. The maximum Gasteiger partial charge on any atom is 0.0992 e. The van der Waals surface area contributed by atoms with E-state index in [-0.39, 0.29) is 0 Å². The van der Waals surface area contributed by atoms with Crippen LogP contribution in [-0.2, 0) is 0 Å². The van der Waals surface area contributed by atoms with Crippen LogP contribution in [0.3, 0.4) is 0 Å². The van der Waals surface area contributed by atoms with E-state index in [9.17, 15) is 0 Å². The molecular weight excluding hydrogens is 112 g/mol. The molecule has 0 unspecified atom stereocenters. The van der Waals surface area contributed by atoms with Gasteiger partial charge in [-0.3, -0.25) is 0 Å².